The summed E-state index contributed by atoms with van der Waals surface area (Å²) < 4.78 is 0. The van der Waals surface area contributed by atoms with Gasteiger partial charge in [-0.2, -0.15) is 0 Å². The second-order valence-electron chi connectivity index (χ2n) is 9.50. The van der Waals surface area contributed by atoms with Crippen LogP contribution in [0.4, 0.5) is 5.95 Å². The maximum Gasteiger partial charge on any atom is 0.223 e. The summed E-state index contributed by atoms with van der Waals surface area (Å²) in [6.45, 7) is 3.57. The van der Waals surface area contributed by atoms with E-state index in [1.54, 1.807) is 43.4 Å². The first-order valence-electron chi connectivity index (χ1n) is 12.3. The number of hydrogen-bond acceptors (Lipinski definition) is 7. The number of aliphatic hydroxyl groups excluding tert-OH is 2. The van der Waals surface area contributed by atoms with Gasteiger partial charge in [0.1, 0.15) is 0 Å². The van der Waals surface area contributed by atoms with E-state index in [1.165, 1.54) is 0 Å². The van der Waals surface area contributed by atoms with Crippen molar-refractivity contribution in [2.45, 2.75) is 39.9 Å². The number of hydrogen-bond donors (Lipinski definition) is 3. The fraction of sp³-hybridized carbons (Fsp3) is 0.267. The van der Waals surface area contributed by atoms with E-state index in [0.29, 0.717) is 45.8 Å². The van der Waals surface area contributed by atoms with E-state index in [-0.39, 0.29) is 37.1 Å². The van der Waals surface area contributed by atoms with E-state index in [0.717, 1.165) is 16.5 Å². The molecule has 3 aromatic carbocycles. The first-order chi connectivity index (χ1) is 17.8. The fourth-order valence-electron chi connectivity index (χ4n) is 4.36. The molecular weight excluding hydrogens is 466 g/mol. The molecule has 0 saturated carbocycles. The zero-order valence-corrected chi connectivity index (χ0v) is 21.3. The molecule has 7 heteroatoms. The number of nitrogens with one attached hydrogen (secondary N) is 1. The van der Waals surface area contributed by atoms with Crippen LogP contribution in [0.3, 0.4) is 0 Å². The zero-order chi connectivity index (χ0) is 26.5. The Morgan fingerprint density at radius 1 is 0.865 bits per heavy atom. The van der Waals surface area contributed by atoms with Gasteiger partial charge < -0.3 is 15.5 Å². The molecule has 190 valence electrons. The quantitative estimate of drug-likeness (QED) is 0.265. The number of fused-ring (bicyclic) bond motifs is 1. The zero-order valence-electron chi connectivity index (χ0n) is 21.3. The normalized spacial score (nSPS) is 11.2. The number of Topliss-reactive ketones (excluding diaryl/α,β-unsaturated/α-hetero) is 2. The van der Waals surface area contributed by atoms with Crippen molar-refractivity contribution in [3.05, 3.63) is 88.5 Å². The lowest BCUT2D eigenvalue weighted by Gasteiger charge is -2.13. The van der Waals surface area contributed by atoms with Crippen molar-refractivity contribution < 1.29 is 19.8 Å². The monoisotopic (exact) mass is 497 g/mol. The molecule has 0 atom stereocenters. The predicted molar refractivity (Wildman–Crippen MR) is 145 cm³/mol. The summed E-state index contributed by atoms with van der Waals surface area (Å²) in [4.78, 5) is 34.8. The maximum atomic E-state index is 13.1. The van der Waals surface area contributed by atoms with Crippen LogP contribution in [0.5, 0.6) is 0 Å². The van der Waals surface area contributed by atoms with Crippen LogP contribution in [-0.2, 0) is 19.6 Å². The van der Waals surface area contributed by atoms with Crippen LogP contribution < -0.4 is 5.32 Å². The summed E-state index contributed by atoms with van der Waals surface area (Å²) in [5.41, 5.74) is 5.19. The van der Waals surface area contributed by atoms with E-state index in [4.69, 9.17) is 0 Å². The van der Waals surface area contributed by atoms with E-state index in [9.17, 15) is 19.8 Å². The highest BCUT2D eigenvalue weighted by Gasteiger charge is 2.16. The van der Waals surface area contributed by atoms with Crippen LogP contribution in [0.15, 0.2) is 60.7 Å². The van der Waals surface area contributed by atoms with E-state index in [2.05, 4.69) is 15.3 Å². The lowest BCUT2D eigenvalue weighted by atomic mass is 9.95. The van der Waals surface area contributed by atoms with E-state index in [1.807, 2.05) is 38.1 Å². The number of aliphatic hydroxyl groups is 2. The molecule has 37 heavy (non-hydrogen) atoms. The minimum Gasteiger partial charge on any atom is -0.392 e. The molecule has 0 aliphatic heterocycles. The number of ketones is 2. The van der Waals surface area contributed by atoms with Gasteiger partial charge in [0, 0.05) is 42.0 Å². The van der Waals surface area contributed by atoms with Gasteiger partial charge in [0.2, 0.25) is 5.95 Å². The van der Waals surface area contributed by atoms with E-state index < -0.39 is 0 Å². The highest BCUT2D eigenvalue weighted by Crippen LogP contribution is 2.30. The number of benzene rings is 3. The topological polar surface area (TPSA) is 112 Å². The van der Waals surface area contributed by atoms with Crippen LogP contribution in [0, 0.1) is 5.92 Å². The van der Waals surface area contributed by atoms with Crippen molar-refractivity contribution >= 4 is 28.4 Å². The molecule has 0 saturated heterocycles. The Morgan fingerprint density at radius 2 is 1.54 bits per heavy atom. The minimum atomic E-state index is -0.216. The summed E-state index contributed by atoms with van der Waals surface area (Å²) in [7, 11) is 1.73. The molecule has 4 rings (SSSR count). The third-order valence-electron chi connectivity index (χ3n) is 6.25. The summed E-state index contributed by atoms with van der Waals surface area (Å²) >= 11 is 0. The van der Waals surface area contributed by atoms with Gasteiger partial charge >= 0.3 is 0 Å². The van der Waals surface area contributed by atoms with Crippen molar-refractivity contribution in [1.82, 2.24) is 9.97 Å². The Balaban J connectivity index is 1.68. The molecule has 0 bridgehead atoms. The molecule has 0 aliphatic rings. The smallest absolute Gasteiger partial charge is 0.223 e. The summed E-state index contributed by atoms with van der Waals surface area (Å²) in [6.07, 6.45) is 0.618. The molecule has 3 N–H and O–H groups in total. The van der Waals surface area contributed by atoms with Crippen LogP contribution in [0.25, 0.3) is 22.2 Å². The Labute approximate surface area is 216 Å². The Morgan fingerprint density at radius 3 is 2.22 bits per heavy atom. The van der Waals surface area contributed by atoms with Crippen LogP contribution >= 0.6 is 0 Å². The molecule has 7 nitrogen and oxygen atoms in total. The number of carbonyl (C=O) groups excluding carboxylic acids is 2. The number of rotatable bonds is 10. The van der Waals surface area contributed by atoms with Crippen LogP contribution in [0.2, 0.25) is 0 Å². The Kier molecular flexibility index (Phi) is 8.06. The molecule has 4 aromatic rings. The second-order valence-corrected chi connectivity index (χ2v) is 9.50. The first-order valence-corrected chi connectivity index (χ1v) is 12.3. The van der Waals surface area contributed by atoms with Crippen molar-refractivity contribution in [3.8, 4) is 11.3 Å². The standard InChI is InChI=1S/C30H31N3O4/c1-18(2)10-27(36)20-7-5-8-21(13-20)28(37)12-19-6-4-9-22(11-19)29-25-14-23(16-34)24(17-35)15-26(25)32-30(31-3)33-29/h4-9,11,13-15,18,34-35H,10,12,16-17H2,1-3H3,(H,31,32,33). The molecule has 0 radical (unpaired) electrons. The first kappa shape index (κ1) is 26.1. The van der Waals surface area contributed by atoms with Gasteiger partial charge in [0.15, 0.2) is 11.6 Å². The van der Waals surface area contributed by atoms with Gasteiger partial charge in [-0.05, 0) is 46.9 Å². The third kappa shape index (κ3) is 5.90. The fourth-order valence-corrected chi connectivity index (χ4v) is 4.36. The van der Waals surface area contributed by atoms with Crippen molar-refractivity contribution in [1.29, 1.82) is 0 Å². The second kappa shape index (κ2) is 11.4. The molecule has 0 spiro atoms. The molecule has 0 aliphatic carbocycles. The van der Waals surface area contributed by atoms with Gasteiger partial charge in [-0.3, -0.25) is 9.59 Å². The Hall–Kier alpha value is -3.94. The molecule has 0 unspecified atom stereocenters. The van der Waals surface area contributed by atoms with Crippen molar-refractivity contribution in [2.75, 3.05) is 12.4 Å². The summed E-state index contributed by atoms with van der Waals surface area (Å²) in [5, 5.41) is 23.2. The van der Waals surface area contributed by atoms with Gasteiger partial charge in [-0.15, -0.1) is 0 Å². The lowest BCUT2D eigenvalue weighted by molar-refractivity contribution is 0.0967. The number of anilines is 1. The Bertz CT molecular complexity index is 1460. The number of aromatic nitrogens is 2. The minimum absolute atomic E-state index is 0.0363. The predicted octanol–water partition coefficient (Wildman–Crippen LogP) is 4.98. The molecule has 0 fully saturated rings. The average molecular weight is 498 g/mol. The lowest BCUT2D eigenvalue weighted by Crippen LogP contribution is -2.08. The summed E-state index contributed by atoms with van der Waals surface area (Å²) in [5.74, 6) is 0.635. The van der Waals surface area contributed by atoms with Crippen LogP contribution in [-0.4, -0.2) is 38.8 Å². The van der Waals surface area contributed by atoms with E-state index >= 15 is 0 Å². The highest BCUT2D eigenvalue weighted by molar-refractivity contribution is 6.02. The number of nitrogens with zero attached hydrogens (tertiary/aromatic N) is 2. The van der Waals surface area contributed by atoms with Gasteiger partial charge in [-0.1, -0.05) is 50.2 Å². The number of carbonyl (C=O) groups is 2. The highest BCUT2D eigenvalue weighted by atomic mass is 16.3. The van der Waals surface area contributed by atoms with Gasteiger partial charge in [0.25, 0.3) is 0 Å². The summed E-state index contributed by atoms with van der Waals surface area (Å²) in [6, 6.07) is 18.1. The SMILES string of the molecule is CNc1nc(-c2cccc(CC(=O)c3cccc(C(=O)CC(C)C)c3)c2)c2cc(CO)c(CO)cc2n1. The molecule has 1 heterocycles. The van der Waals surface area contributed by atoms with Gasteiger partial charge in [0.05, 0.1) is 24.4 Å². The third-order valence-corrected chi connectivity index (χ3v) is 6.25. The molecule has 1 aromatic heterocycles. The molecular formula is C30H31N3O4. The van der Waals surface area contributed by atoms with Crippen LogP contribution in [0.1, 0.15) is 57.7 Å². The van der Waals surface area contributed by atoms with Crippen molar-refractivity contribution in [3.63, 3.8) is 0 Å². The average Bonchev–Trinajstić information content (AvgIpc) is 2.91. The maximum absolute atomic E-state index is 13.1. The largest absolute Gasteiger partial charge is 0.392 e. The molecule has 0 amide bonds. The van der Waals surface area contributed by atoms with Crippen molar-refractivity contribution in [2.24, 2.45) is 5.92 Å². The van der Waals surface area contributed by atoms with Gasteiger partial charge in [-0.25, -0.2) is 9.97 Å².